The molecule has 3 aromatic heterocycles. The number of aromatic nitrogens is 6. The Hall–Kier alpha value is -8.36. The highest BCUT2D eigenvalue weighted by atomic mass is 15.1. The van der Waals surface area contributed by atoms with Crippen LogP contribution in [-0.4, -0.2) is 41.6 Å². The molecule has 0 saturated carbocycles. The average molecular weight is 703 g/mol. The molecule has 3 heterocycles. The van der Waals surface area contributed by atoms with Crippen LogP contribution in [0.5, 0.6) is 0 Å². The Morgan fingerprint density at radius 3 is 1.11 bits per heavy atom. The number of amidine groups is 2. The van der Waals surface area contributed by atoms with Crippen LogP contribution in [0.2, 0.25) is 0 Å². The number of hydrogen-bond donors (Lipinski definition) is 4. The second-order valence-electron chi connectivity index (χ2n) is 11.7. The molecular weight excluding hydrogens is 677 g/mol. The number of hydrogen-bond acceptors (Lipinski definition) is 12. The molecule has 5 aromatic carbocycles. The lowest BCUT2D eigenvalue weighted by molar-refractivity contribution is 1.18. The van der Waals surface area contributed by atoms with Gasteiger partial charge in [0.15, 0.2) is 34.7 Å². The first-order chi connectivity index (χ1) is 26.5. The van der Waals surface area contributed by atoms with E-state index in [0.29, 0.717) is 22.7 Å². The summed E-state index contributed by atoms with van der Waals surface area (Å²) in [5.74, 6) is 0.647. The lowest BCUT2D eigenvalue weighted by atomic mass is 10.1. The number of nitrogens with zero attached hydrogens (tertiary/aromatic N) is 10. The van der Waals surface area contributed by atoms with Crippen LogP contribution in [0.4, 0.5) is 34.4 Å². The third kappa shape index (κ3) is 6.37. The number of nitrogens with one attached hydrogen (secondary N) is 2. The monoisotopic (exact) mass is 702 g/mol. The summed E-state index contributed by atoms with van der Waals surface area (Å²) in [5.41, 5.74) is 17.1. The summed E-state index contributed by atoms with van der Waals surface area (Å²) >= 11 is 0. The minimum Gasteiger partial charge on any atom is -0.382 e. The van der Waals surface area contributed by atoms with E-state index in [-0.39, 0.29) is 79.2 Å². The molecule has 0 bridgehead atoms. The first kappa shape index (κ1) is 32.8. The maximum atomic E-state index is 9.99. The second-order valence-corrected chi connectivity index (χ2v) is 11.7. The summed E-state index contributed by atoms with van der Waals surface area (Å²) in [6, 6.07) is 41.1. The fourth-order valence-corrected chi connectivity index (χ4v) is 5.69. The number of nitrogens with two attached hydrogens (primary N) is 2. The van der Waals surface area contributed by atoms with Crippen molar-refractivity contribution in [3.05, 3.63) is 144 Å². The van der Waals surface area contributed by atoms with Crippen molar-refractivity contribution in [3.8, 4) is 12.1 Å². The van der Waals surface area contributed by atoms with Crippen LogP contribution in [-0.2, 0) is 0 Å². The van der Waals surface area contributed by atoms with Crippen molar-refractivity contribution in [3.63, 3.8) is 0 Å². The van der Waals surface area contributed by atoms with Crippen molar-refractivity contribution in [2.24, 2.45) is 21.5 Å². The molecule has 0 radical (unpaired) electrons. The third-order valence-corrected chi connectivity index (χ3v) is 8.14. The van der Waals surface area contributed by atoms with Gasteiger partial charge >= 0.3 is 0 Å². The van der Waals surface area contributed by atoms with Gasteiger partial charge in [0, 0.05) is 11.4 Å². The van der Waals surface area contributed by atoms with Crippen LogP contribution in [0.15, 0.2) is 131 Å². The van der Waals surface area contributed by atoms with Crippen molar-refractivity contribution in [1.82, 2.24) is 29.9 Å². The van der Waals surface area contributed by atoms with E-state index in [0.717, 1.165) is 0 Å². The molecule has 0 aliphatic heterocycles. The fourth-order valence-electron chi connectivity index (χ4n) is 5.69. The summed E-state index contributed by atoms with van der Waals surface area (Å²) in [6.07, 6.45) is 0. The minimum atomic E-state index is -0.202. The summed E-state index contributed by atoms with van der Waals surface area (Å²) in [5, 5.41) is 26.6. The van der Waals surface area contributed by atoms with E-state index in [9.17, 15) is 10.5 Å². The number of fused-ring (bicyclic) bond motifs is 6. The van der Waals surface area contributed by atoms with Crippen LogP contribution in [0.25, 0.3) is 33.1 Å². The SMILES string of the molecule is N#Cc1nc2c(nc1C#N)c1nc(C(N)=Nc3ccccc3)c(Nc3ccccc3)nc1c1nc(Nc3ccccc3)c(C(N)=Nc3ccccc3)nc21. The lowest BCUT2D eigenvalue weighted by Crippen LogP contribution is -2.20. The number of aliphatic imine (C=N–C) groups is 2. The quantitative estimate of drug-likeness (QED) is 0.0727. The smallest absolute Gasteiger partial charge is 0.177 e. The second kappa shape index (κ2) is 14.1. The molecule has 14 heteroatoms. The molecular formula is C40H26N14. The molecule has 0 aliphatic carbocycles. The lowest BCUT2D eigenvalue weighted by Gasteiger charge is -2.16. The van der Waals surface area contributed by atoms with Crippen LogP contribution in [0.1, 0.15) is 22.8 Å². The van der Waals surface area contributed by atoms with E-state index in [1.807, 2.05) is 133 Å². The zero-order chi connectivity index (χ0) is 37.0. The van der Waals surface area contributed by atoms with Gasteiger partial charge in [-0.15, -0.1) is 0 Å². The average Bonchev–Trinajstić information content (AvgIpc) is 3.21. The number of rotatable bonds is 8. The van der Waals surface area contributed by atoms with E-state index < -0.39 is 0 Å². The van der Waals surface area contributed by atoms with E-state index >= 15 is 0 Å². The van der Waals surface area contributed by atoms with Gasteiger partial charge < -0.3 is 22.1 Å². The van der Waals surface area contributed by atoms with Crippen LogP contribution in [0.3, 0.4) is 0 Å². The number of anilines is 4. The maximum absolute atomic E-state index is 9.99. The first-order valence-corrected chi connectivity index (χ1v) is 16.5. The topological polar surface area (TPSA) is 226 Å². The van der Waals surface area contributed by atoms with E-state index in [1.165, 1.54) is 0 Å². The van der Waals surface area contributed by atoms with Crippen LogP contribution < -0.4 is 22.1 Å². The van der Waals surface area contributed by atoms with Crippen LogP contribution >= 0.6 is 0 Å². The third-order valence-electron chi connectivity index (χ3n) is 8.14. The van der Waals surface area contributed by atoms with Gasteiger partial charge in [0.1, 0.15) is 56.6 Å². The van der Waals surface area contributed by atoms with Gasteiger partial charge in [-0.2, -0.15) is 10.5 Å². The molecule has 0 saturated heterocycles. The highest BCUT2D eigenvalue weighted by Gasteiger charge is 2.25. The highest BCUT2D eigenvalue weighted by Crippen LogP contribution is 2.34. The Balaban J connectivity index is 1.49. The maximum Gasteiger partial charge on any atom is 0.177 e. The van der Waals surface area contributed by atoms with Gasteiger partial charge in [-0.3, -0.25) is 0 Å². The van der Waals surface area contributed by atoms with Gasteiger partial charge in [0.25, 0.3) is 0 Å². The molecule has 0 unspecified atom stereocenters. The Morgan fingerprint density at radius 2 is 0.759 bits per heavy atom. The Labute approximate surface area is 307 Å². The Kier molecular flexibility index (Phi) is 8.57. The normalized spacial score (nSPS) is 11.7. The molecule has 0 spiro atoms. The Bertz CT molecular complexity index is 2650. The van der Waals surface area contributed by atoms with Gasteiger partial charge in [0.2, 0.25) is 0 Å². The number of nitriles is 2. The molecule has 256 valence electrons. The number of para-hydroxylation sites is 4. The molecule has 0 amide bonds. The molecule has 14 nitrogen and oxygen atoms in total. The van der Waals surface area contributed by atoms with Gasteiger partial charge in [-0.05, 0) is 48.5 Å². The van der Waals surface area contributed by atoms with E-state index in [4.69, 9.17) is 31.4 Å². The van der Waals surface area contributed by atoms with Crippen molar-refractivity contribution >= 4 is 79.2 Å². The van der Waals surface area contributed by atoms with E-state index in [1.54, 1.807) is 0 Å². The molecule has 0 atom stereocenters. The van der Waals surface area contributed by atoms with Crippen molar-refractivity contribution in [1.29, 1.82) is 10.5 Å². The standard InChI is InChI=1S/C40H26N14/c41-21-27-28(22-42)50-30-29(49-27)31-33(53-39(47-25-17-9-3-10-18-25)35(51-31)37(43)45-23-13-5-1-6-14-23)34-32(30)52-36(38(44)46-24-15-7-2-8-16-24)40(54-34)48-26-19-11-4-12-20-26/h1-20H,(H2,43,45)(H2,44,46)(H,47,53)(H,48,54). The molecule has 8 aromatic rings. The van der Waals surface area contributed by atoms with Gasteiger partial charge in [0.05, 0.1) is 11.4 Å². The number of benzene rings is 5. The van der Waals surface area contributed by atoms with Gasteiger partial charge in [-0.25, -0.2) is 39.9 Å². The Morgan fingerprint density at radius 1 is 0.444 bits per heavy atom. The summed E-state index contributed by atoms with van der Waals surface area (Å²) in [7, 11) is 0. The van der Waals surface area contributed by atoms with E-state index in [2.05, 4.69) is 30.6 Å². The molecule has 0 fully saturated rings. The van der Waals surface area contributed by atoms with Crippen molar-refractivity contribution in [2.45, 2.75) is 0 Å². The largest absolute Gasteiger partial charge is 0.382 e. The van der Waals surface area contributed by atoms with Crippen molar-refractivity contribution in [2.75, 3.05) is 10.6 Å². The summed E-state index contributed by atoms with van der Waals surface area (Å²) in [6.45, 7) is 0. The molecule has 54 heavy (non-hydrogen) atoms. The first-order valence-electron chi connectivity index (χ1n) is 16.5. The predicted molar refractivity (Wildman–Crippen MR) is 208 cm³/mol. The molecule has 6 N–H and O–H groups in total. The minimum absolute atomic E-state index is 0.0575. The van der Waals surface area contributed by atoms with Crippen LogP contribution in [0, 0.1) is 22.7 Å². The molecule has 8 rings (SSSR count). The molecule has 0 aliphatic rings. The zero-order valence-corrected chi connectivity index (χ0v) is 28.2. The predicted octanol–water partition coefficient (Wildman–Crippen LogP) is 6.82. The highest BCUT2D eigenvalue weighted by molar-refractivity contribution is 6.20. The zero-order valence-electron chi connectivity index (χ0n) is 28.2. The fraction of sp³-hybridized carbons (Fsp3) is 0. The summed E-state index contributed by atoms with van der Waals surface area (Å²) in [4.78, 5) is 38.5. The van der Waals surface area contributed by atoms with Gasteiger partial charge in [-0.1, -0.05) is 72.8 Å². The van der Waals surface area contributed by atoms with Crippen molar-refractivity contribution < 1.29 is 0 Å². The summed E-state index contributed by atoms with van der Waals surface area (Å²) < 4.78 is 0.